The van der Waals surface area contributed by atoms with Gasteiger partial charge in [-0.3, -0.25) is 10.1 Å². The van der Waals surface area contributed by atoms with Gasteiger partial charge in [0.05, 0.1) is 6.54 Å². The molecule has 4 heteroatoms. The zero-order valence-electron chi connectivity index (χ0n) is 17.2. The number of nitrogens with one attached hydrogen (secondary N) is 3. The maximum atomic E-state index is 12.9. The second kappa shape index (κ2) is 8.53. The summed E-state index contributed by atoms with van der Waals surface area (Å²) in [5, 5.41) is 6.89. The molecule has 2 aromatic rings. The molecule has 0 bridgehead atoms. The molecular weight excluding hydrogens is 346 g/mol. The number of rotatable bonds is 7. The molecule has 3 rings (SSSR count). The van der Waals surface area contributed by atoms with E-state index in [-0.39, 0.29) is 17.5 Å². The van der Waals surface area contributed by atoms with Crippen molar-refractivity contribution in [2.24, 2.45) is 0 Å². The third kappa shape index (κ3) is 5.64. The highest BCUT2D eigenvalue weighted by Crippen LogP contribution is 2.18. The summed E-state index contributed by atoms with van der Waals surface area (Å²) in [7, 11) is 0. The van der Waals surface area contributed by atoms with Crippen molar-refractivity contribution in [3.63, 3.8) is 0 Å². The molecule has 1 aliphatic heterocycles. The Morgan fingerprint density at radius 2 is 1.64 bits per heavy atom. The Hall–Kier alpha value is -2.72. The van der Waals surface area contributed by atoms with Gasteiger partial charge < -0.3 is 5.32 Å². The van der Waals surface area contributed by atoms with Crippen LogP contribution in [0.4, 0.5) is 0 Å². The first-order valence-electron chi connectivity index (χ1n) is 9.82. The van der Waals surface area contributed by atoms with Gasteiger partial charge in [0.1, 0.15) is 5.57 Å². The SMILES string of the molecule is CC(=O)/C(C(=[NH+]C1CN1)c1ccccc1)=C(\Cc1ccccc1)NC(C)(C)C. The number of carbonyl (C=O) groups excluding carboxylic acids is 1. The minimum atomic E-state index is -0.162. The maximum absolute atomic E-state index is 12.9. The van der Waals surface area contributed by atoms with Gasteiger partial charge in [-0.05, 0) is 45.4 Å². The lowest BCUT2D eigenvalue weighted by atomic mass is 9.93. The zero-order valence-corrected chi connectivity index (χ0v) is 17.2. The molecule has 2 aromatic carbocycles. The largest absolute Gasteiger partial charge is 0.383 e. The van der Waals surface area contributed by atoms with E-state index in [1.54, 1.807) is 6.92 Å². The van der Waals surface area contributed by atoms with Gasteiger partial charge in [0.25, 0.3) is 0 Å². The molecule has 0 amide bonds. The molecule has 1 unspecified atom stereocenters. The standard InChI is InChI=1S/C24H29N3O/c1-17(28)22(23(26-21-16-25-21)19-13-9-6-10-14-19)20(27-24(2,3)4)15-18-11-7-5-8-12-18/h5-14,21,25,27H,15-16H2,1-4H3/p+1/b22-20-,26-23?. The van der Waals surface area contributed by atoms with Crippen LogP contribution in [0.3, 0.4) is 0 Å². The van der Waals surface area contributed by atoms with Crippen LogP contribution < -0.4 is 15.6 Å². The summed E-state index contributed by atoms with van der Waals surface area (Å²) in [5.74, 6) is 0.0506. The summed E-state index contributed by atoms with van der Waals surface area (Å²) in [6.45, 7) is 8.91. The van der Waals surface area contributed by atoms with E-state index in [4.69, 9.17) is 0 Å². The van der Waals surface area contributed by atoms with Crippen LogP contribution in [-0.2, 0) is 11.2 Å². The lowest BCUT2D eigenvalue weighted by Gasteiger charge is -2.26. The molecule has 4 nitrogen and oxygen atoms in total. The van der Waals surface area contributed by atoms with Crippen LogP contribution in [0.1, 0.15) is 38.8 Å². The lowest BCUT2D eigenvalue weighted by Crippen LogP contribution is -2.77. The fraction of sp³-hybridized carbons (Fsp3) is 0.333. The van der Waals surface area contributed by atoms with E-state index in [0.29, 0.717) is 6.42 Å². The molecule has 0 radical (unpaired) electrons. The van der Waals surface area contributed by atoms with E-state index in [0.717, 1.165) is 29.1 Å². The van der Waals surface area contributed by atoms with Gasteiger partial charge in [0.2, 0.25) is 11.9 Å². The molecule has 0 spiro atoms. The van der Waals surface area contributed by atoms with Gasteiger partial charge in [-0.25, -0.2) is 4.99 Å². The molecular formula is C24H30N3O+. The van der Waals surface area contributed by atoms with Crippen LogP contribution in [-0.4, -0.2) is 29.7 Å². The molecule has 0 aliphatic carbocycles. The topological polar surface area (TPSA) is 65.0 Å². The Bertz CT molecular complexity index is 873. The fourth-order valence-electron chi connectivity index (χ4n) is 3.23. The summed E-state index contributed by atoms with van der Waals surface area (Å²) in [5.41, 5.74) is 4.57. The predicted molar refractivity (Wildman–Crippen MR) is 114 cm³/mol. The van der Waals surface area contributed by atoms with E-state index in [1.807, 2.05) is 48.5 Å². The second-order valence-corrected chi connectivity index (χ2v) is 8.29. The Morgan fingerprint density at radius 1 is 1.07 bits per heavy atom. The van der Waals surface area contributed by atoms with Crippen LogP contribution in [0.25, 0.3) is 0 Å². The monoisotopic (exact) mass is 376 g/mol. The van der Waals surface area contributed by atoms with Gasteiger partial charge in [-0.1, -0.05) is 48.5 Å². The number of hydrogen-bond donors (Lipinski definition) is 3. The first-order chi connectivity index (χ1) is 13.3. The molecule has 1 saturated heterocycles. The zero-order chi connectivity index (χ0) is 20.1. The highest BCUT2D eigenvalue weighted by atomic mass is 16.1. The smallest absolute Gasteiger partial charge is 0.219 e. The minimum absolute atomic E-state index is 0.0506. The highest BCUT2D eigenvalue weighted by Gasteiger charge is 2.32. The van der Waals surface area contributed by atoms with E-state index in [1.165, 1.54) is 5.56 Å². The Morgan fingerprint density at radius 3 is 2.14 bits per heavy atom. The number of Topliss-reactive ketones (excluding diaryl/α,β-unsaturated/α-hetero) is 1. The molecule has 1 heterocycles. The minimum Gasteiger partial charge on any atom is -0.383 e. The first-order valence-corrected chi connectivity index (χ1v) is 9.82. The third-order valence-corrected chi connectivity index (χ3v) is 4.44. The molecule has 1 atom stereocenters. The van der Waals surface area contributed by atoms with Crippen molar-refractivity contribution >= 4 is 11.5 Å². The van der Waals surface area contributed by atoms with Gasteiger partial charge >= 0.3 is 0 Å². The summed E-state index contributed by atoms with van der Waals surface area (Å²) in [4.78, 5) is 16.4. The van der Waals surface area contributed by atoms with Crippen LogP contribution in [0.5, 0.6) is 0 Å². The number of ketones is 1. The van der Waals surface area contributed by atoms with E-state index >= 15 is 0 Å². The van der Waals surface area contributed by atoms with E-state index in [2.05, 4.69) is 48.5 Å². The molecule has 3 N–H and O–H groups in total. The van der Waals surface area contributed by atoms with Crippen LogP contribution in [0.2, 0.25) is 0 Å². The molecule has 1 fully saturated rings. The average molecular weight is 377 g/mol. The Balaban J connectivity index is 2.15. The normalized spacial score (nSPS) is 17.7. The molecule has 1 aliphatic rings. The van der Waals surface area contributed by atoms with Crippen molar-refractivity contribution in [2.45, 2.75) is 45.8 Å². The fourth-order valence-corrected chi connectivity index (χ4v) is 3.23. The van der Waals surface area contributed by atoms with Crippen LogP contribution in [0, 0.1) is 0 Å². The summed E-state index contributed by atoms with van der Waals surface area (Å²) in [6.07, 6.45) is 0.875. The number of benzene rings is 2. The van der Waals surface area contributed by atoms with Crippen molar-refractivity contribution in [3.05, 3.63) is 83.1 Å². The third-order valence-electron chi connectivity index (χ3n) is 4.44. The van der Waals surface area contributed by atoms with E-state index in [9.17, 15) is 4.79 Å². The number of allylic oxidation sites excluding steroid dienone is 2. The second-order valence-electron chi connectivity index (χ2n) is 8.29. The van der Waals surface area contributed by atoms with Crippen molar-refractivity contribution in [3.8, 4) is 0 Å². The molecule has 146 valence electrons. The lowest BCUT2D eigenvalue weighted by molar-refractivity contribution is -0.473. The summed E-state index contributed by atoms with van der Waals surface area (Å²) >= 11 is 0. The van der Waals surface area contributed by atoms with Crippen LogP contribution in [0.15, 0.2) is 71.9 Å². The summed E-state index contributed by atoms with van der Waals surface area (Å²) in [6, 6.07) is 20.4. The van der Waals surface area contributed by atoms with Gasteiger partial charge in [-0.15, -0.1) is 0 Å². The van der Waals surface area contributed by atoms with Crippen molar-refractivity contribution < 1.29 is 9.79 Å². The molecule has 28 heavy (non-hydrogen) atoms. The van der Waals surface area contributed by atoms with Crippen molar-refractivity contribution in [2.75, 3.05) is 6.54 Å². The highest BCUT2D eigenvalue weighted by molar-refractivity contribution is 6.26. The Kier molecular flexibility index (Phi) is 6.10. The predicted octanol–water partition coefficient (Wildman–Crippen LogP) is 1.96. The summed E-state index contributed by atoms with van der Waals surface area (Å²) < 4.78 is 0. The number of carbonyl (C=O) groups is 1. The number of hydrogen-bond acceptors (Lipinski definition) is 3. The first kappa shape index (κ1) is 20.0. The molecule has 0 saturated carbocycles. The van der Waals surface area contributed by atoms with E-state index < -0.39 is 0 Å². The van der Waals surface area contributed by atoms with Crippen molar-refractivity contribution in [1.82, 2.24) is 10.6 Å². The van der Waals surface area contributed by atoms with Crippen LogP contribution >= 0.6 is 0 Å². The van der Waals surface area contributed by atoms with Gasteiger partial charge in [-0.2, -0.15) is 0 Å². The maximum Gasteiger partial charge on any atom is 0.219 e. The van der Waals surface area contributed by atoms with Crippen molar-refractivity contribution in [1.29, 1.82) is 0 Å². The van der Waals surface area contributed by atoms with Gasteiger partial charge in [0, 0.05) is 23.2 Å². The Labute approximate surface area is 167 Å². The molecule has 0 aromatic heterocycles. The quantitative estimate of drug-likeness (QED) is 0.393. The average Bonchev–Trinajstić information content (AvgIpc) is 3.45. The van der Waals surface area contributed by atoms with Gasteiger partial charge in [0.15, 0.2) is 5.78 Å².